The number of primary amides is 1. The predicted molar refractivity (Wildman–Crippen MR) is 121 cm³/mol. The average molecular weight is 543 g/mol. The van der Waals surface area contributed by atoms with E-state index >= 15 is 0 Å². The maximum absolute atomic E-state index is 13.0. The van der Waals surface area contributed by atoms with Crippen LogP contribution in [0.3, 0.4) is 0 Å². The molecule has 0 saturated heterocycles. The van der Waals surface area contributed by atoms with E-state index in [1.807, 2.05) is 0 Å². The van der Waals surface area contributed by atoms with Crippen molar-refractivity contribution in [3.8, 4) is 17.1 Å². The molecule has 1 aromatic carbocycles. The van der Waals surface area contributed by atoms with E-state index in [2.05, 4.69) is 20.2 Å². The Kier molecular flexibility index (Phi) is 6.84. The average Bonchev–Trinajstić information content (AvgIpc) is 3.36. The van der Waals surface area contributed by atoms with Gasteiger partial charge in [0.1, 0.15) is 12.2 Å². The fourth-order valence-corrected chi connectivity index (χ4v) is 3.54. The summed E-state index contributed by atoms with van der Waals surface area (Å²) in [6, 6.07) is 8.86. The Balaban J connectivity index is 1.78. The molecule has 3 heterocycles. The van der Waals surface area contributed by atoms with Crippen LogP contribution in [0.2, 0.25) is 10.2 Å². The second-order valence-electron chi connectivity index (χ2n) is 7.38. The number of aliphatic hydroxyl groups excluding tert-OH is 1. The number of rotatable bonds is 7. The number of halogens is 5. The van der Waals surface area contributed by atoms with Gasteiger partial charge >= 0.3 is 11.9 Å². The van der Waals surface area contributed by atoms with Gasteiger partial charge in [-0.3, -0.25) is 9.36 Å². The van der Waals surface area contributed by atoms with E-state index in [4.69, 9.17) is 28.9 Å². The van der Waals surface area contributed by atoms with Crippen molar-refractivity contribution in [3.63, 3.8) is 0 Å². The van der Waals surface area contributed by atoms with Crippen LogP contribution >= 0.6 is 23.2 Å². The summed E-state index contributed by atoms with van der Waals surface area (Å²) >= 11 is 11.9. The number of aromatic nitrogens is 7. The summed E-state index contributed by atoms with van der Waals surface area (Å²) in [5, 5.41) is 18.2. The SMILES string of the molecule is NC(=O)c1nc(Cn2nc(-c3ccc(Cl)cc3)n(C[C@H](O)C(F)(F)F)c2=O)nn1-c1cccnc1Cl. The summed E-state index contributed by atoms with van der Waals surface area (Å²) in [5.74, 6) is -1.56. The molecule has 0 aliphatic rings. The lowest BCUT2D eigenvalue weighted by atomic mass is 10.2. The quantitative estimate of drug-likeness (QED) is 0.339. The Morgan fingerprint density at radius 3 is 2.44 bits per heavy atom. The van der Waals surface area contributed by atoms with E-state index in [1.54, 1.807) is 0 Å². The predicted octanol–water partition coefficient (Wildman–Crippen LogP) is 2.06. The van der Waals surface area contributed by atoms with Crippen molar-refractivity contribution in [1.29, 1.82) is 0 Å². The third-order valence-corrected chi connectivity index (χ3v) is 5.43. The highest BCUT2D eigenvalue weighted by molar-refractivity contribution is 6.31. The molecule has 0 saturated carbocycles. The maximum atomic E-state index is 13.0. The van der Waals surface area contributed by atoms with Crippen LogP contribution in [-0.4, -0.2) is 57.4 Å². The summed E-state index contributed by atoms with van der Waals surface area (Å²) in [6.07, 6.45) is -6.39. The second kappa shape index (κ2) is 9.72. The molecule has 0 bridgehead atoms. The first-order chi connectivity index (χ1) is 17.0. The van der Waals surface area contributed by atoms with Crippen LogP contribution in [0.25, 0.3) is 17.1 Å². The smallest absolute Gasteiger partial charge is 0.382 e. The fourth-order valence-electron chi connectivity index (χ4n) is 3.22. The van der Waals surface area contributed by atoms with Gasteiger partial charge in [0.05, 0.1) is 6.54 Å². The Labute approximate surface area is 209 Å². The van der Waals surface area contributed by atoms with Gasteiger partial charge < -0.3 is 10.8 Å². The first-order valence-electron chi connectivity index (χ1n) is 10.0. The van der Waals surface area contributed by atoms with Gasteiger partial charge in [0, 0.05) is 16.8 Å². The molecule has 0 aliphatic heterocycles. The molecule has 188 valence electrons. The van der Waals surface area contributed by atoms with Crippen LogP contribution in [0.4, 0.5) is 13.2 Å². The number of nitrogens with zero attached hydrogens (tertiary/aromatic N) is 7. The second-order valence-corrected chi connectivity index (χ2v) is 8.17. The minimum atomic E-state index is -4.97. The van der Waals surface area contributed by atoms with E-state index in [1.165, 1.54) is 42.6 Å². The number of benzene rings is 1. The van der Waals surface area contributed by atoms with Crippen molar-refractivity contribution in [2.24, 2.45) is 5.73 Å². The van der Waals surface area contributed by atoms with E-state index in [0.29, 0.717) is 9.59 Å². The van der Waals surface area contributed by atoms with Crippen LogP contribution in [0.15, 0.2) is 47.4 Å². The summed E-state index contributed by atoms with van der Waals surface area (Å²) in [7, 11) is 0. The van der Waals surface area contributed by atoms with Crippen LogP contribution in [-0.2, 0) is 13.1 Å². The van der Waals surface area contributed by atoms with Gasteiger partial charge in [0.25, 0.3) is 5.91 Å². The number of alkyl halides is 3. The lowest BCUT2D eigenvalue weighted by Gasteiger charge is -2.15. The standard InChI is InChI=1S/C20H15Cl2F3N8O3/c21-11-5-3-10(4-6-11)17-30-32(19(36)31(17)8-13(34)20(23,24)25)9-14-28-18(16(26)35)33(29-14)12-2-1-7-27-15(12)22/h1-7,13,34H,8-9H2,(H2,26,35)/t13-/m0/s1. The zero-order chi connectivity index (χ0) is 26.2. The number of hydrogen-bond donors (Lipinski definition) is 2. The molecular formula is C20H15Cl2F3N8O3. The molecule has 0 aliphatic carbocycles. The molecule has 4 aromatic rings. The van der Waals surface area contributed by atoms with Crippen LogP contribution in [0.1, 0.15) is 16.4 Å². The van der Waals surface area contributed by atoms with Crippen molar-refractivity contribution >= 4 is 29.1 Å². The van der Waals surface area contributed by atoms with E-state index < -0.39 is 37.0 Å². The molecule has 1 amide bonds. The van der Waals surface area contributed by atoms with Gasteiger partial charge in [0.2, 0.25) is 5.82 Å². The molecule has 4 rings (SSSR count). The number of amides is 1. The number of aliphatic hydroxyl groups is 1. The molecule has 3 N–H and O–H groups in total. The Bertz CT molecular complexity index is 1480. The molecular weight excluding hydrogens is 528 g/mol. The van der Waals surface area contributed by atoms with E-state index in [-0.39, 0.29) is 33.9 Å². The minimum Gasteiger partial charge on any atom is -0.382 e. The zero-order valence-electron chi connectivity index (χ0n) is 17.9. The van der Waals surface area contributed by atoms with Crippen LogP contribution < -0.4 is 11.4 Å². The molecule has 0 radical (unpaired) electrons. The maximum Gasteiger partial charge on any atom is 0.416 e. The molecule has 11 nitrogen and oxygen atoms in total. The molecule has 36 heavy (non-hydrogen) atoms. The van der Waals surface area contributed by atoms with Crippen molar-refractivity contribution in [3.05, 3.63) is 74.9 Å². The number of hydrogen-bond acceptors (Lipinski definition) is 7. The number of nitrogens with two attached hydrogens (primary N) is 1. The van der Waals surface area contributed by atoms with Crippen molar-refractivity contribution in [2.45, 2.75) is 25.4 Å². The van der Waals surface area contributed by atoms with Gasteiger partial charge in [-0.25, -0.2) is 24.1 Å². The molecule has 1 atom stereocenters. The lowest BCUT2D eigenvalue weighted by molar-refractivity contribution is -0.207. The Morgan fingerprint density at radius 1 is 1.14 bits per heavy atom. The van der Waals surface area contributed by atoms with Gasteiger partial charge in [-0.1, -0.05) is 23.2 Å². The molecule has 0 unspecified atom stereocenters. The third-order valence-electron chi connectivity index (χ3n) is 4.89. The fraction of sp³-hybridized carbons (Fsp3) is 0.200. The highest BCUT2D eigenvalue weighted by Gasteiger charge is 2.39. The molecule has 3 aromatic heterocycles. The van der Waals surface area contributed by atoms with Gasteiger partial charge in [-0.05, 0) is 36.4 Å². The highest BCUT2D eigenvalue weighted by Crippen LogP contribution is 2.24. The Hall–Kier alpha value is -3.75. The molecule has 0 fully saturated rings. The van der Waals surface area contributed by atoms with Crippen molar-refractivity contribution in [2.75, 3.05) is 0 Å². The van der Waals surface area contributed by atoms with E-state index in [0.717, 1.165) is 9.36 Å². The van der Waals surface area contributed by atoms with E-state index in [9.17, 15) is 27.9 Å². The Morgan fingerprint density at radius 2 is 1.83 bits per heavy atom. The van der Waals surface area contributed by atoms with Gasteiger partial charge in [-0.2, -0.15) is 13.2 Å². The minimum absolute atomic E-state index is 0.0101. The van der Waals surface area contributed by atoms with Crippen molar-refractivity contribution in [1.82, 2.24) is 34.1 Å². The number of pyridine rings is 1. The molecule has 0 spiro atoms. The van der Waals surface area contributed by atoms with Crippen LogP contribution in [0.5, 0.6) is 0 Å². The highest BCUT2D eigenvalue weighted by atomic mass is 35.5. The summed E-state index contributed by atoms with van der Waals surface area (Å²) in [6.45, 7) is -1.56. The van der Waals surface area contributed by atoms with Gasteiger partial charge in [-0.15, -0.1) is 10.2 Å². The molecule has 16 heteroatoms. The largest absolute Gasteiger partial charge is 0.416 e. The first kappa shape index (κ1) is 25.3. The zero-order valence-corrected chi connectivity index (χ0v) is 19.4. The summed E-state index contributed by atoms with van der Waals surface area (Å²) in [5.41, 5.74) is 4.85. The van der Waals surface area contributed by atoms with Crippen molar-refractivity contribution < 1.29 is 23.1 Å². The monoisotopic (exact) mass is 542 g/mol. The third kappa shape index (κ3) is 5.10. The normalized spacial score (nSPS) is 12.6. The first-order valence-corrected chi connectivity index (χ1v) is 10.8. The summed E-state index contributed by atoms with van der Waals surface area (Å²) < 4.78 is 41.6. The summed E-state index contributed by atoms with van der Waals surface area (Å²) in [4.78, 5) is 32.9. The lowest BCUT2D eigenvalue weighted by Crippen LogP contribution is -2.37. The number of carbonyl (C=O) groups excluding carboxylic acids is 1. The number of carbonyl (C=O) groups is 1. The topological polar surface area (TPSA) is 147 Å². The van der Waals surface area contributed by atoms with Gasteiger partial charge in [0.15, 0.2) is 22.9 Å². The van der Waals surface area contributed by atoms with Crippen LogP contribution in [0, 0.1) is 0 Å².